The number of hydrogen-bond donors (Lipinski definition) is 1. The van der Waals surface area contributed by atoms with Crippen molar-refractivity contribution in [1.29, 1.82) is 0 Å². The molecule has 0 saturated heterocycles. The molecular weight excluding hydrogens is 254 g/mol. The average Bonchev–Trinajstić information content (AvgIpc) is 2.34. The van der Waals surface area contributed by atoms with E-state index in [-0.39, 0.29) is 5.91 Å². The van der Waals surface area contributed by atoms with Gasteiger partial charge in [0.2, 0.25) is 0 Å². The van der Waals surface area contributed by atoms with Gasteiger partial charge in [-0.3, -0.25) is 4.79 Å². The summed E-state index contributed by atoms with van der Waals surface area (Å²) in [7, 11) is 1.63. The molecule has 1 amide bonds. The molecule has 1 atom stereocenters. The molecule has 0 radical (unpaired) electrons. The van der Waals surface area contributed by atoms with Crippen LogP contribution < -0.4 is 10.1 Å². The summed E-state index contributed by atoms with van der Waals surface area (Å²) < 4.78 is 10.4. The fourth-order valence-corrected chi connectivity index (χ4v) is 1.55. The molecule has 5 heteroatoms. The smallest absolute Gasteiger partial charge is 0.260 e. The number of rotatable bonds is 7. The van der Waals surface area contributed by atoms with Crippen molar-refractivity contribution in [1.82, 2.24) is 5.32 Å². The first-order valence-electron chi connectivity index (χ1n) is 5.82. The number of carbonyl (C=O) groups is 1. The van der Waals surface area contributed by atoms with E-state index in [4.69, 9.17) is 21.1 Å². The van der Waals surface area contributed by atoms with Crippen molar-refractivity contribution >= 4 is 17.5 Å². The molecular formula is C13H18ClNO3. The lowest BCUT2D eigenvalue weighted by Crippen LogP contribution is -2.37. The van der Waals surface area contributed by atoms with E-state index in [1.165, 1.54) is 0 Å². The highest BCUT2D eigenvalue weighted by atomic mass is 35.5. The predicted octanol–water partition coefficient (Wildman–Crippen LogP) is 2.26. The lowest BCUT2D eigenvalue weighted by molar-refractivity contribution is -0.127. The Labute approximate surface area is 112 Å². The monoisotopic (exact) mass is 271 g/mol. The number of hydrogen-bond acceptors (Lipinski definition) is 3. The molecule has 0 bridgehead atoms. The van der Waals surface area contributed by atoms with Crippen LogP contribution in [-0.4, -0.2) is 32.3 Å². The fraction of sp³-hybridized carbons (Fsp3) is 0.462. The van der Waals surface area contributed by atoms with Gasteiger partial charge in [-0.1, -0.05) is 17.7 Å². The number of amides is 1. The van der Waals surface area contributed by atoms with Gasteiger partial charge in [-0.15, -0.1) is 0 Å². The second kappa shape index (κ2) is 7.95. The van der Waals surface area contributed by atoms with Crippen molar-refractivity contribution in [2.24, 2.45) is 0 Å². The number of halogens is 1. The van der Waals surface area contributed by atoms with Crippen molar-refractivity contribution in [3.05, 3.63) is 29.3 Å². The number of ether oxygens (including phenoxy) is 2. The second-order valence-electron chi connectivity index (χ2n) is 3.85. The van der Waals surface area contributed by atoms with Gasteiger partial charge < -0.3 is 14.8 Å². The summed E-state index contributed by atoms with van der Waals surface area (Å²) in [4.78, 5) is 11.7. The summed E-state index contributed by atoms with van der Waals surface area (Å²) >= 11 is 5.83. The molecule has 100 valence electrons. The maximum absolute atomic E-state index is 11.7. The molecule has 0 spiro atoms. The Morgan fingerprint density at radius 1 is 1.50 bits per heavy atom. The van der Waals surface area contributed by atoms with Gasteiger partial charge in [-0.05, 0) is 31.5 Å². The van der Waals surface area contributed by atoms with Gasteiger partial charge in [0.1, 0.15) is 5.75 Å². The normalized spacial score (nSPS) is 11.9. The van der Waals surface area contributed by atoms with Crippen LogP contribution in [0.5, 0.6) is 5.75 Å². The van der Waals surface area contributed by atoms with Crippen LogP contribution in [0.4, 0.5) is 0 Å². The van der Waals surface area contributed by atoms with Gasteiger partial charge >= 0.3 is 0 Å². The molecule has 0 heterocycles. The van der Waals surface area contributed by atoms with E-state index in [1.807, 2.05) is 0 Å². The minimum atomic E-state index is -0.550. The van der Waals surface area contributed by atoms with E-state index in [1.54, 1.807) is 38.3 Å². The lowest BCUT2D eigenvalue weighted by Gasteiger charge is -2.14. The minimum absolute atomic E-state index is 0.147. The summed E-state index contributed by atoms with van der Waals surface area (Å²) in [5, 5.41) is 3.36. The molecule has 0 aliphatic heterocycles. The molecule has 1 unspecified atom stereocenters. The molecule has 1 aromatic rings. The second-order valence-corrected chi connectivity index (χ2v) is 4.29. The molecule has 0 aromatic heterocycles. The zero-order valence-electron chi connectivity index (χ0n) is 10.6. The molecule has 18 heavy (non-hydrogen) atoms. The van der Waals surface area contributed by atoms with E-state index in [0.717, 1.165) is 6.42 Å². The van der Waals surface area contributed by atoms with Crippen LogP contribution in [0.2, 0.25) is 5.02 Å². The van der Waals surface area contributed by atoms with Crippen LogP contribution in [0.1, 0.15) is 13.3 Å². The van der Waals surface area contributed by atoms with Crippen LogP contribution in [-0.2, 0) is 9.53 Å². The Bertz CT molecular complexity index is 384. The van der Waals surface area contributed by atoms with Gasteiger partial charge in [-0.25, -0.2) is 0 Å². The van der Waals surface area contributed by atoms with E-state index in [9.17, 15) is 4.79 Å². The summed E-state index contributed by atoms with van der Waals surface area (Å²) in [6.07, 6.45) is 0.234. The maximum atomic E-state index is 11.7. The third kappa shape index (κ3) is 5.38. The molecule has 1 N–H and O–H groups in total. The van der Waals surface area contributed by atoms with Gasteiger partial charge in [0.15, 0.2) is 6.10 Å². The van der Waals surface area contributed by atoms with Crippen LogP contribution in [0.15, 0.2) is 24.3 Å². The van der Waals surface area contributed by atoms with Crippen LogP contribution in [0, 0.1) is 0 Å². The van der Waals surface area contributed by atoms with Crippen molar-refractivity contribution in [3.8, 4) is 5.75 Å². The van der Waals surface area contributed by atoms with Crippen LogP contribution in [0.3, 0.4) is 0 Å². The van der Waals surface area contributed by atoms with E-state index in [0.29, 0.717) is 23.9 Å². The SMILES string of the molecule is COCCCNC(=O)C(C)Oc1cccc(Cl)c1. The third-order valence-corrected chi connectivity index (χ3v) is 2.54. The molecule has 0 fully saturated rings. The number of methoxy groups -OCH3 is 1. The summed E-state index contributed by atoms with van der Waals surface area (Å²) in [6, 6.07) is 6.97. The number of benzene rings is 1. The zero-order chi connectivity index (χ0) is 13.4. The molecule has 1 rings (SSSR count). The molecule has 1 aromatic carbocycles. The first kappa shape index (κ1) is 14.8. The highest BCUT2D eigenvalue weighted by Crippen LogP contribution is 2.18. The largest absolute Gasteiger partial charge is 0.481 e. The van der Waals surface area contributed by atoms with Crippen LogP contribution >= 0.6 is 11.6 Å². The molecule has 0 aliphatic carbocycles. The Morgan fingerprint density at radius 2 is 2.28 bits per heavy atom. The first-order chi connectivity index (χ1) is 8.63. The van der Waals surface area contributed by atoms with Crippen molar-refractivity contribution in [3.63, 3.8) is 0 Å². The van der Waals surface area contributed by atoms with Crippen LogP contribution in [0.25, 0.3) is 0 Å². The summed E-state index contributed by atoms with van der Waals surface area (Å²) in [5.41, 5.74) is 0. The van der Waals surface area contributed by atoms with E-state index >= 15 is 0 Å². The van der Waals surface area contributed by atoms with E-state index in [2.05, 4.69) is 5.32 Å². The Kier molecular flexibility index (Phi) is 6.54. The van der Waals surface area contributed by atoms with Gasteiger partial charge in [0, 0.05) is 25.3 Å². The Morgan fingerprint density at radius 3 is 2.94 bits per heavy atom. The van der Waals surface area contributed by atoms with Crippen molar-refractivity contribution in [2.75, 3.05) is 20.3 Å². The fourth-order valence-electron chi connectivity index (χ4n) is 1.37. The van der Waals surface area contributed by atoms with Crippen molar-refractivity contribution < 1.29 is 14.3 Å². The van der Waals surface area contributed by atoms with Gasteiger partial charge in [0.05, 0.1) is 0 Å². The standard InChI is InChI=1S/C13H18ClNO3/c1-10(13(16)15-7-4-8-17-2)18-12-6-3-5-11(14)9-12/h3,5-6,9-10H,4,7-8H2,1-2H3,(H,15,16). The topological polar surface area (TPSA) is 47.6 Å². The Balaban J connectivity index is 2.35. The quantitative estimate of drug-likeness (QED) is 0.774. The Hall–Kier alpha value is -1.26. The number of carbonyl (C=O) groups excluding carboxylic acids is 1. The molecule has 0 aliphatic rings. The lowest BCUT2D eigenvalue weighted by atomic mass is 10.3. The highest BCUT2D eigenvalue weighted by molar-refractivity contribution is 6.30. The zero-order valence-corrected chi connectivity index (χ0v) is 11.4. The summed E-state index contributed by atoms with van der Waals surface area (Å²) in [5.74, 6) is 0.438. The minimum Gasteiger partial charge on any atom is -0.481 e. The molecule has 0 saturated carbocycles. The number of nitrogens with one attached hydrogen (secondary N) is 1. The van der Waals surface area contributed by atoms with E-state index < -0.39 is 6.10 Å². The average molecular weight is 272 g/mol. The first-order valence-corrected chi connectivity index (χ1v) is 6.20. The predicted molar refractivity (Wildman–Crippen MR) is 71.0 cm³/mol. The van der Waals surface area contributed by atoms with Gasteiger partial charge in [0.25, 0.3) is 5.91 Å². The summed E-state index contributed by atoms with van der Waals surface area (Å²) in [6.45, 7) is 2.91. The maximum Gasteiger partial charge on any atom is 0.260 e. The molecule has 4 nitrogen and oxygen atoms in total. The van der Waals surface area contributed by atoms with Gasteiger partial charge in [-0.2, -0.15) is 0 Å². The third-order valence-electron chi connectivity index (χ3n) is 2.30. The van der Waals surface area contributed by atoms with Crippen molar-refractivity contribution in [2.45, 2.75) is 19.4 Å². The highest BCUT2D eigenvalue weighted by Gasteiger charge is 2.13.